The number of benzene rings is 3. The van der Waals surface area contributed by atoms with Gasteiger partial charge in [-0.3, -0.25) is 10.1 Å². The van der Waals surface area contributed by atoms with Crippen LogP contribution in [-0.2, 0) is 11.3 Å². The van der Waals surface area contributed by atoms with Crippen molar-refractivity contribution in [2.24, 2.45) is 0 Å². The summed E-state index contributed by atoms with van der Waals surface area (Å²) in [6.07, 6.45) is 0. The summed E-state index contributed by atoms with van der Waals surface area (Å²) in [5, 5.41) is 12.7. The quantitative estimate of drug-likeness (QED) is 0.413. The molecule has 0 fully saturated rings. The fourth-order valence-electron chi connectivity index (χ4n) is 2.44. The molecular formula is C18H13NO4. The van der Waals surface area contributed by atoms with Crippen LogP contribution in [0.2, 0.25) is 0 Å². The van der Waals surface area contributed by atoms with Crippen molar-refractivity contribution < 1.29 is 14.5 Å². The second-order valence-corrected chi connectivity index (χ2v) is 4.99. The molecule has 0 aliphatic carbocycles. The van der Waals surface area contributed by atoms with Crippen LogP contribution in [-0.4, -0.2) is 10.9 Å². The van der Waals surface area contributed by atoms with Crippen LogP contribution < -0.4 is 0 Å². The van der Waals surface area contributed by atoms with E-state index < -0.39 is 10.9 Å². The predicted octanol–water partition coefficient (Wildman–Crippen LogP) is 4.11. The molecule has 3 rings (SSSR count). The Bertz CT molecular complexity index is 884. The molecule has 0 bridgehead atoms. The van der Waals surface area contributed by atoms with Crippen LogP contribution in [0.5, 0.6) is 0 Å². The van der Waals surface area contributed by atoms with E-state index in [-0.39, 0.29) is 12.3 Å². The number of fused-ring (bicyclic) bond motifs is 1. The molecule has 0 amide bonds. The lowest BCUT2D eigenvalue weighted by Gasteiger charge is -2.08. The maximum Gasteiger partial charge on any atom is 0.339 e. The maximum absolute atomic E-state index is 12.3. The third-order valence-corrected chi connectivity index (χ3v) is 3.56. The lowest BCUT2D eigenvalue weighted by molar-refractivity contribution is -0.385. The number of esters is 1. The number of rotatable bonds is 4. The zero-order chi connectivity index (χ0) is 16.2. The van der Waals surface area contributed by atoms with Crippen molar-refractivity contribution in [1.29, 1.82) is 0 Å². The molecule has 3 aromatic rings. The first-order chi connectivity index (χ1) is 11.2. The molecule has 0 heterocycles. The molecule has 0 aliphatic rings. The van der Waals surface area contributed by atoms with E-state index in [4.69, 9.17) is 4.74 Å². The standard InChI is InChI=1S/C18H13NO4/c20-18(16-10-5-8-13-6-1-3-9-15(13)16)23-12-14-7-2-4-11-17(14)19(21)22/h1-11H,12H2. The summed E-state index contributed by atoms with van der Waals surface area (Å²) in [5.74, 6) is -0.500. The molecule has 0 saturated heterocycles. The molecule has 0 N–H and O–H groups in total. The van der Waals surface area contributed by atoms with E-state index in [0.29, 0.717) is 11.1 Å². The molecule has 23 heavy (non-hydrogen) atoms. The largest absolute Gasteiger partial charge is 0.457 e. The summed E-state index contributed by atoms with van der Waals surface area (Å²) in [6.45, 7) is -0.140. The highest BCUT2D eigenvalue weighted by atomic mass is 16.6. The average molecular weight is 307 g/mol. The van der Waals surface area contributed by atoms with Crippen molar-refractivity contribution in [2.45, 2.75) is 6.61 Å². The van der Waals surface area contributed by atoms with Crippen LogP contribution in [0.15, 0.2) is 66.7 Å². The Morgan fingerprint density at radius 3 is 2.48 bits per heavy atom. The van der Waals surface area contributed by atoms with Gasteiger partial charge in [0.25, 0.3) is 5.69 Å². The fraction of sp³-hybridized carbons (Fsp3) is 0.0556. The summed E-state index contributed by atoms with van der Waals surface area (Å²) < 4.78 is 5.27. The Kier molecular flexibility index (Phi) is 4.01. The van der Waals surface area contributed by atoms with Crippen molar-refractivity contribution in [3.05, 3.63) is 88.0 Å². The van der Waals surface area contributed by atoms with Crippen molar-refractivity contribution in [1.82, 2.24) is 0 Å². The normalized spacial score (nSPS) is 10.4. The first-order valence-corrected chi connectivity index (χ1v) is 7.04. The Hall–Kier alpha value is -3.21. The molecule has 0 aliphatic heterocycles. The molecule has 0 radical (unpaired) electrons. The number of hydrogen-bond acceptors (Lipinski definition) is 4. The van der Waals surface area contributed by atoms with Crippen molar-refractivity contribution in [3.63, 3.8) is 0 Å². The van der Waals surface area contributed by atoms with Gasteiger partial charge < -0.3 is 4.74 Å². The lowest BCUT2D eigenvalue weighted by Crippen LogP contribution is -2.07. The maximum atomic E-state index is 12.3. The van der Waals surface area contributed by atoms with E-state index >= 15 is 0 Å². The number of carbonyl (C=O) groups is 1. The minimum atomic E-state index is -0.500. The first kappa shape index (κ1) is 14.7. The molecule has 114 valence electrons. The Morgan fingerprint density at radius 1 is 0.957 bits per heavy atom. The van der Waals surface area contributed by atoms with Gasteiger partial charge in [-0.15, -0.1) is 0 Å². The molecule has 0 aromatic heterocycles. The van der Waals surface area contributed by atoms with E-state index in [0.717, 1.165) is 10.8 Å². The zero-order valence-corrected chi connectivity index (χ0v) is 12.1. The van der Waals surface area contributed by atoms with Crippen LogP contribution in [0.1, 0.15) is 15.9 Å². The lowest BCUT2D eigenvalue weighted by atomic mass is 10.0. The topological polar surface area (TPSA) is 69.4 Å². The predicted molar refractivity (Wildman–Crippen MR) is 86.2 cm³/mol. The highest BCUT2D eigenvalue weighted by molar-refractivity contribution is 6.04. The van der Waals surface area contributed by atoms with Crippen molar-refractivity contribution in [3.8, 4) is 0 Å². The Labute approximate surface area is 132 Å². The molecule has 5 nitrogen and oxygen atoms in total. The number of nitro groups is 1. The van der Waals surface area contributed by atoms with E-state index in [1.165, 1.54) is 6.07 Å². The number of para-hydroxylation sites is 1. The van der Waals surface area contributed by atoms with Gasteiger partial charge in [-0.05, 0) is 22.9 Å². The summed E-state index contributed by atoms with van der Waals surface area (Å²) >= 11 is 0. The minimum absolute atomic E-state index is 0.0572. The van der Waals surface area contributed by atoms with Crippen LogP contribution in [0.3, 0.4) is 0 Å². The van der Waals surface area contributed by atoms with Crippen LogP contribution in [0, 0.1) is 10.1 Å². The van der Waals surface area contributed by atoms with Gasteiger partial charge in [0.2, 0.25) is 0 Å². The SMILES string of the molecule is O=C(OCc1ccccc1[N+](=O)[O-])c1cccc2ccccc12. The third kappa shape index (κ3) is 3.03. The minimum Gasteiger partial charge on any atom is -0.457 e. The van der Waals surface area contributed by atoms with E-state index in [1.807, 2.05) is 30.3 Å². The summed E-state index contributed by atoms with van der Waals surface area (Å²) in [7, 11) is 0. The van der Waals surface area contributed by atoms with E-state index in [9.17, 15) is 14.9 Å². The molecule has 0 saturated carbocycles. The van der Waals surface area contributed by atoms with E-state index in [1.54, 1.807) is 30.3 Å². The highest BCUT2D eigenvalue weighted by Gasteiger charge is 2.16. The number of carbonyl (C=O) groups excluding carboxylic acids is 1. The smallest absolute Gasteiger partial charge is 0.339 e. The van der Waals surface area contributed by atoms with E-state index in [2.05, 4.69) is 0 Å². The molecular weight excluding hydrogens is 294 g/mol. The molecule has 0 unspecified atom stereocenters. The number of ether oxygens (including phenoxy) is 1. The third-order valence-electron chi connectivity index (χ3n) is 3.56. The monoisotopic (exact) mass is 307 g/mol. The average Bonchev–Trinajstić information content (AvgIpc) is 2.59. The summed E-state index contributed by atoms with van der Waals surface area (Å²) in [5.41, 5.74) is 0.756. The first-order valence-electron chi connectivity index (χ1n) is 7.04. The number of nitrogens with zero attached hydrogens (tertiary/aromatic N) is 1. The second kappa shape index (κ2) is 6.27. The Balaban J connectivity index is 1.84. The van der Waals surface area contributed by atoms with Crippen LogP contribution in [0.25, 0.3) is 10.8 Å². The van der Waals surface area contributed by atoms with Gasteiger partial charge in [0.1, 0.15) is 6.61 Å². The molecule has 3 aromatic carbocycles. The zero-order valence-electron chi connectivity index (χ0n) is 12.1. The van der Waals surface area contributed by atoms with Gasteiger partial charge in [0.05, 0.1) is 16.1 Å². The van der Waals surface area contributed by atoms with Gasteiger partial charge in [-0.2, -0.15) is 0 Å². The van der Waals surface area contributed by atoms with Gasteiger partial charge in [-0.1, -0.05) is 48.5 Å². The van der Waals surface area contributed by atoms with Crippen molar-refractivity contribution >= 4 is 22.4 Å². The van der Waals surface area contributed by atoms with Gasteiger partial charge in [0, 0.05) is 6.07 Å². The van der Waals surface area contributed by atoms with Gasteiger partial charge in [-0.25, -0.2) is 4.79 Å². The van der Waals surface area contributed by atoms with Gasteiger partial charge in [0.15, 0.2) is 0 Å². The van der Waals surface area contributed by atoms with Gasteiger partial charge >= 0.3 is 5.97 Å². The van der Waals surface area contributed by atoms with Crippen LogP contribution in [0.4, 0.5) is 5.69 Å². The van der Waals surface area contributed by atoms with Crippen molar-refractivity contribution in [2.75, 3.05) is 0 Å². The molecule has 0 spiro atoms. The van der Waals surface area contributed by atoms with Crippen LogP contribution >= 0.6 is 0 Å². The summed E-state index contributed by atoms with van der Waals surface area (Å²) in [6, 6.07) is 19.1. The Morgan fingerprint density at radius 2 is 1.65 bits per heavy atom. The highest BCUT2D eigenvalue weighted by Crippen LogP contribution is 2.22. The number of hydrogen-bond donors (Lipinski definition) is 0. The summed E-state index contributed by atoms with van der Waals surface area (Å²) in [4.78, 5) is 22.8. The molecule has 0 atom stereocenters. The second-order valence-electron chi connectivity index (χ2n) is 4.99. The fourth-order valence-corrected chi connectivity index (χ4v) is 2.44. The molecule has 5 heteroatoms. The number of nitro benzene ring substituents is 1.